The summed E-state index contributed by atoms with van der Waals surface area (Å²) in [7, 11) is 0. The number of likely N-dealkylation sites (tertiary alicyclic amines) is 1. The number of nitrogens with one attached hydrogen (secondary N) is 2. The monoisotopic (exact) mass is 462 g/mol. The highest BCUT2D eigenvalue weighted by atomic mass is 32.2. The van der Waals surface area contributed by atoms with Crippen LogP contribution in [0.3, 0.4) is 0 Å². The Hall–Kier alpha value is -2.20. The van der Waals surface area contributed by atoms with E-state index >= 15 is 0 Å². The third kappa shape index (κ3) is 5.17. The van der Waals surface area contributed by atoms with Gasteiger partial charge < -0.3 is 9.87 Å². The van der Waals surface area contributed by atoms with Gasteiger partial charge in [-0.2, -0.15) is 4.72 Å². The van der Waals surface area contributed by atoms with Crippen LogP contribution in [0.25, 0.3) is 0 Å². The molecule has 2 aromatic carbocycles. The normalized spacial score (nSPS) is 14.8. The van der Waals surface area contributed by atoms with E-state index in [0.29, 0.717) is 18.1 Å². The summed E-state index contributed by atoms with van der Waals surface area (Å²) in [5.41, 5.74) is 5.47. The van der Waals surface area contributed by atoms with E-state index < -0.39 is 27.9 Å². The fourth-order valence-corrected chi connectivity index (χ4v) is 5.05. The Balaban J connectivity index is 1.50. The Bertz CT molecular complexity index is 1010. The predicted octanol–water partition coefficient (Wildman–Crippen LogP) is 4.94. The molecule has 9 heteroatoms. The van der Waals surface area contributed by atoms with Gasteiger partial charge in [-0.3, -0.25) is 4.90 Å². The molecule has 3 aromatic rings. The van der Waals surface area contributed by atoms with Gasteiger partial charge in [-0.15, -0.1) is 11.3 Å². The summed E-state index contributed by atoms with van der Waals surface area (Å²) in [6.07, 6.45) is 2.11. The fraction of sp³-hybridized carbons (Fsp3) is 0.318. The second-order valence-corrected chi connectivity index (χ2v) is 9.27. The summed E-state index contributed by atoms with van der Waals surface area (Å²) < 4.78 is 44.1. The molecule has 4 rings (SSSR count). The van der Waals surface area contributed by atoms with E-state index in [9.17, 15) is 13.3 Å². The number of hydrogen-bond acceptors (Lipinski definition) is 6. The molecule has 1 atom stereocenters. The van der Waals surface area contributed by atoms with Crippen molar-refractivity contribution in [2.45, 2.75) is 37.8 Å². The van der Waals surface area contributed by atoms with Gasteiger partial charge >= 0.3 is 0 Å². The minimum atomic E-state index is -2.08. The van der Waals surface area contributed by atoms with Crippen LogP contribution < -0.4 is 10.0 Å². The van der Waals surface area contributed by atoms with Gasteiger partial charge in [0, 0.05) is 36.3 Å². The van der Waals surface area contributed by atoms with Gasteiger partial charge in [0.15, 0.2) is 17.5 Å². The Morgan fingerprint density at radius 1 is 1.19 bits per heavy atom. The molecule has 1 fully saturated rings. The number of nitrogens with zero attached hydrogens (tertiary/aromatic N) is 2. The molecule has 0 saturated carbocycles. The third-order valence-corrected chi connectivity index (χ3v) is 7.12. The number of aryl methyl sites for hydroxylation is 1. The fourth-order valence-electron chi connectivity index (χ4n) is 3.61. The van der Waals surface area contributed by atoms with Crippen LogP contribution in [0, 0.1) is 11.6 Å². The summed E-state index contributed by atoms with van der Waals surface area (Å²) in [5, 5.41) is 4.77. The minimum absolute atomic E-state index is 0.310. The zero-order valence-corrected chi connectivity index (χ0v) is 18.8. The number of rotatable bonds is 9. The molecule has 1 unspecified atom stereocenters. The van der Waals surface area contributed by atoms with Crippen molar-refractivity contribution < 1.29 is 13.3 Å². The van der Waals surface area contributed by atoms with Crippen LogP contribution in [0.4, 0.5) is 20.3 Å². The first-order chi connectivity index (χ1) is 15.0. The van der Waals surface area contributed by atoms with E-state index in [1.54, 1.807) is 10.9 Å². The molecule has 2 heterocycles. The van der Waals surface area contributed by atoms with Crippen molar-refractivity contribution in [1.29, 1.82) is 0 Å². The van der Waals surface area contributed by atoms with Gasteiger partial charge in [0.05, 0.1) is 5.51 Å². The van der Waals surface area contributed by atoms with Crippen LogP contribution in [0.15, 0.2) is 46.1 Å². The highest BCUT2D eigenvalue weighted by Crippen LogP contribution is 2.27. The maximum absolute atomic E-state index is 14.6. The molecule has 31 heavy (non-hydrogen) atoms. The highest BCUT2D eigenvalue weighted by molar-refractivity contribution is 7.92. The Kier molecular flexibility index (Phi) is 7.06. The van der Waals surface area contributed by atoms with E-state index in [1.165, 1.54) is 41.0 Å². The zero-order valence-electron chi connectivity index (χ0n) is 17.2. The van der Waals surface area contributed by atoms with Crippen molar-refractivity contribution in [2.24, 2.45) is 0 Å². The maximum atomic E-state index is 14.6. The first-order valence-corrected chi connectivity index (χ1v) is 12.3. The second kappa shape index (κ2) is 9.95. The van der Waals surface area contributed by atoms with Crippen molar-refractivity contribution in [2.75, 3.05) is 23.1 Å². The van der Waals surface area contributed by atoms with Crippen LogP contribution in [0.5, 0.6) is 0 Å². The van der Waals surface area contributed by atoms with Crippen molar-refractivity contribution in [3.05, 3.63) is 69.5 Å². The molecule has 5 nitrogen and oxygen atoms in total. The maximum Gasteiger partial charge on any atom is 0.251 e. The molecule has 1 saturated heterocycles. The summed E-state index contributed by atoms with van der Waals surface area (Å²) in [6.45, 7) is 5.66. The standard InChI is InChI=1S/C22H24F2N4OS2/c1-2-15-5-3-6-16(12-28-7-4-8-28)18(15)11-25-17-9-19(23)22(20(24)10-17)31(29)27-21-13-30-14-26-21/h3,5-6,9-10,13-14,25,27H,2,4,7-8,11-12H2,1H3. The van der Waals surface area contributed by atoms with Gasteiger partial charge in [0.25, 0.3) is 4.90 Å². The SMILES string of the molecule is CCc1cccc(CN2CCC2)c1CNc1cc(F)c([S+]([O-])Nc2cscn2)c(F)c1. The molecule has 0 aliphatic carbocycles. The molecule has 0 bridgehead atoms. The summed E-state index contributed by atoms with van der Waals surface area (Å²) in [5.74, 6) is -1.42. The first kappa shape index (κ1) is 22.0. The molecule has 1 aromatic heterocycles. The van der Waals surface area contributed by atoms with E-state index in [2.05, 4.69) is 45.0 Å². The van der Waals surface area contributed by atoms with Crippen LogP contribution in [-0.2, 0) is 30.9 Å². The minimum Gasteiger partial charge on any atom is -0.588 e. The zero-order chi connectivity index (χ0) is 21.8. The highest BCUT2D eigenvalue weighted by Gasteiger charge is 2.25. The average molecular weight is 463 g/mol. The number of halogens is 2. The van der Waals surface area contributed by atoms with E-state index in [-0.39, 0.29) is 0 Å². The van der Waals surface area contributed by atoms with Crippen molar-refractivity contribution >= 4 is 34.2 Å². The quantitative estimate of drug-likeness (QED) is 0.441. The average Bonchev–Trinajstić information content (AvgIpc) is 3.21. The number of thiazole rings is 1. The third-order valence-electron chi connectivity index (χ3n) is 5.38. The van der Waals surface area contributed by atoms with Crippen LogP contribution in [-0.4, -0.2) is 27.5 Å². The summed E-state index contributed by atoms with van der Waals surface area (Å²) in [6, 6.07) is 8.64. The lowest BCUT2D eigenvalue weighted by Crippen LogP contribution is -2.36. The number of hydrogen-bond donors (Lipinski definition) is 2. The Morgan fingerprint density at radius 3 is 2.55 bits per heavy atom. The lowest BCUT2D eigenvalue weighted by atomic mass is 9.97. The van der Waals surface area contributed by atoms with Gasteiger partial charge in [-0.1, -0.05) is 25.1 Å². The van der Waals surface area contributed by atoms with Crippen molar-refractivity contribution in [3.63, 3.8) is 0 Å². The van der Waals surface area contributed by atoms with Gasteiger partial charge in [0.1, 0.15) is 11.4 Å². The molecule has 1 aliphatic rings. The van der Waals surface area contributed by atoms with Gasteiger partial charge in [0.2, 0.25) is 0 Å². The molecule has 164 valence electrons. The molecule has 0 amide bonds. The molecule has 1 aliphatic heterocycles. The van der Waals surface area contributed by atoms with E-state index in [0.717, 1.165) is 31.6 Å². The largest absolute Gasteiger partial charge is 0.588 e. The molecule has 2 N–H and O–H groups in total. The smallest absolute Gasteiger partial charge is 0.251 e. The topological polar surface area (TPSA) is 63.2 Å². The van der Waals surface area contributed by atoms with Crippen LogP contribution >= 0.6 is 11.3 Å². The second-order valence-electron chi connectivity index (χ2n) is 7.41. The molecule has 0 spiro atoms. The van der Waals surface area contributed by atoms with Crippen LogP contribution in [0.1, 0.15) is 30.0 Å². The lowest BCUT2D eigenvalue weighted by molar-refractivity contribution is 0.172. The summed E-state index contributed by atoms with van der Waals surface area (Å²) in [4.78, 5) is 5.81. The molecule has 0 radical (unpaired) electrons. The van der Waals surface area contributed by atoms with E-state index in [1.807, 2.05) is 0 Å². The summed E-state index contributed by atoms with van der Waals surface area (Å²) >= 11 is -0.787. The first-order valence-electron chi connectivity index (χ1n) is 10.2. The number of anilines is 2. The van der Waals surface area contributed by atoms with Crippen LogP contribution in [0.2, 0.25) is 0 Å². The van der Waals surface area contributed by atoms with E-state index in [4.69, 9.17) is 0 Å². The van der Waals surface area contributed by atoms with Crippen molar-refractivity contribution in [3.8, 4) is 0 Å². The lowest BCUT2D eigenvalue weighted by Gasteiger charge is -2.31. The number of aromatic nitrogens is 1. The predicted molar refractivity (Wildman–Crippen MR) is 122 cm³/mol. The Labute approximate surface area is 187 Å². The molecular weight excluding hydrogens is 438 g/mol. The molecular formula is C22H24F2N4OS2. The number of benzene rings is 2. The van der Waals surface area contributed by atoms with Gasteiger partial charge in [-0.05, 0) is 42.6 Å². The van der Waals surface area contributed by atoms with Crippen molar-refractivity contribution in [1.82, 2.24) is 9.88 Å². The Morgan fingerprint density at radius 2 is 1.94 bits per heavy atom. The van der Waals surface area contributed by atoms with Gasteiger partial charge in [-0.25, -0.2) is 13.8 Å².